The first-order valence-corrected chi connectivity index (χ1v) is 3.81. The highest BCUT2D eigenvalue weighted by molar-refractivity contribution is 5.65. The second-order valence-electron chi connectivity index (χ2n) is 2.45. The van der Waals surface area contributed by atoms with Crippen LogP contribution in [0, 0.1) is 0 Å². The number of nitrogens with zero attached hydrogens (tertiary/aromatic N) is 1. The molecule has 0 aliphatic carbocycles. The van der Waals surface area contributed by atoms with Crippen LogP contribution in [-0.4, -0.2) is 17.6 Å². The third kappa shape index (κ3) is 3.14. The molecule has 0 aromatic carbocycles. The van der Waals surface area contributed by atoms with Gasteiger partial charge in [-0.1, -0.05) is 0 Å². The summed E-state index contributed by atoms with van der Waals surface area (Å²) in [6.45, 7) is 1.85. The molecule has 0 amide bonds. The van der Waals surface area contributed by atoms with Gasteiger partial charge in [-0.15, -0.1) is 0 Å². The van der Waals surface area contributed by atoms with Crippen LogP contribution in [-0.2, 0) is 16.0 Å². The van der Waals surface area contributed by atoms with E-state index < -0.39 is 0 Å². The van der Waals surface area contributed by atoms with Gasteiger partial charge < -0.3 is 4.74 Å². The van der Waals surface area contributed by atoms with Crippen LogP contribution in [0.15, 0.2) is 24.5 Å². The number of esters is 1. The lowest BCUT2D eigenvalue weighted by molar-refractivity contribution is -0.140. The van der Waals surface area contributed by atoms with Gasteiger partial charge >= 0.3 is 5.97 Å². The van der Waals surface area contributed by atoms with Crippen molar-refractivity contribution in [1.29, 1.82) is 0 Å². The number of carbonyl (C=O) groups is 1. The average Bonchev–Trinajstić information content (AvgIpc) is 2.05. The summed E-state index contributed by atoms with van der Waals surface area (Å²) in [5.74, 6) is -0.232. The molecule has 1 rings (SSSR count). The van der Waals surface area contributed by atoms with Gasteiger partial charge in [0.15, 0.2) is 0 Å². The monoisotopic (exact) mass is 165 g/mol. The molecule has 0 saturated heterocycles. The van der Waals surface area contributed by atoms with Gasteiger partial charge in [0.1, 0.15) is 0 Å². The van der Waals surface area contributed by atoms with Crippen molar-refractivity contribution in [2.24, 2.45) is 0 Å². The Balaban J connectivity index is 2.29. The van der Waals surface area contributed by atoms with E-state index in [0.717, 1.165) is 12.0 Å². The average molecular weight is 165 g/mol. The Morgan fingerprint density at radius 2 is 2.17 bits per heavy atom. The minimum atomic E-state index is -0.232. The fourth-order valence-electron chi connectivity index (χ4n) is 0.862. The zero-order chi connectivity index (χ0) is 8.81. The van der Waals surface area contributed by atoms with Gasteiger partial charge in [-0.3, -0.25) is 9.78 Å². The highest BCUT2D eigenvalue weighted by atomic mass is 16.5. The second-order valence-corrected chi connectivity index (χ2v) is 2.45. The first kappa shape index (κ1) is 8.71. The van der Waals surface area contributed by atoms with Crippen LogP contribution in [0.5, 0.6) is 0 Å². The van der Waals surface area contributed by atoms with E-state index in [9.17, 15) is 4.79 Å². The molecule has 3 nitrogen and oxygen atoms in total. The molecule has 3 heteroatoms. The van der Waals surface area contributed by atoms with Gasteiger partial charge in [0.25, 0.3) is 0 Å². The molecule has 1 heterocycles. The molecule has 0 aliphatic heterocycles. The maximum atomic E-state index is 10.4. The highest BCUT2D eigenvalue weighted by Crippen LogP contribution is 1.97. The molecule has 1 aromatic rings. The van der Waals surface area contributed by atoms with E-state index in [-0.39, 0.29) is 5.97 Å². The maximum absolute atomic E-state index is 10.4. The van der Waals surface area contributed by atoms with E-state index in [1.807, 2.05) is 12.1 Å². The topological polar surface area (TPSA) is 39.2 Å². The van der Waals surface area contributed by atoms with E-state index >= 15 is 0 Å². The number of hydrogen-bond acceptors (Lipinski definition) is 3. The van der Waals surface area contributed by atoms with E-state index in [2.05, 4.69) is 4.98 Å². The Morgan fingerprint density at radius 1 is 1.50 bits per heavy atom. The van der Waals surface area contributed by atoms with Gasteiger partial charge in [0, 0.05) is 25.7 Å². The Kier molecular flexibility index (Phi) is 3.26. The van der Waals surface area contributed by atoms with Crippen molar-refractivity contribution in [3.63, 3.8) is 0 Å². The molecule has 0 spiro atoms. The number of ether oxygens (including phenoxy) is 1. The van der Waals surface area contributed by atoms with Crippen molar-refractivity contribution in [2.45, 2.75) is 13.3 Å². The lowest BCUT2D eigenvalue weighted by atomic mass is 10.2. The van der Waals surface area contributed by atoms with Gasteiger partial charge in [-0.2, -0.15) is 0 Å². The summed E-state index contributed by atoms with van der Waals surface area (Å²) >= 11 is 0. The van der Waals surface area contributed by atoms with Crippen LogP contribution >= 0.6 is 0 Å². The maximum Gasteiger partial charge on any atom is 0.302 e. The largest absolute Gasteiger partial charge is 0.466 e. The molecule has 0 N–H and O–H groups in total. The van der Waals surface area contributed by atoms with Crippen LogP contribution in [0.1, 0.15) is 12.5 Å². The number of aromatic nitrogens is 1. The number of hydrogen-bond donors (Lipinski definition) is 0. The zero-order valence-electron chi connectivity index (χ0n) is 6.99. The molecule has 64 valence electrons. The molecule has 1 aromatic heterocycles. The number of rotatable bonds is 3. The minimum absolute atomic E-state index is 0.232. The minimum Gasteiger partial charge on any atom is -0.466 e. The van der Waals surface area contributed by atoms with Crippen molar-refractivity contribution < 1.29 is 9.53 Å². The molecular formula is C9H11NO2. The molecule has 0 bridgehead atoms. The standard InChI is InChI=1S/C9H11NO2/c1-8(11)12-7-4-9-2-5-10-6-3-9/h2-3,5-6H,4,7H2,1H3. The van der Waals surface area contributed by atoms with Gasteiger partial charge in [0.05, 0.1) is 6.61 Å². The normalized spacial score (nSPS) is 9.42. The third-order valence-corrected chi connectivity index (χ3v) is 1.45. The molecule has 0 saturated carbocycles. The number of carbonyl (C=O) groups excluding carboxylic acids is 1. The van der Waals surface area contributed by atoms with Crippen molar-refractivity contribution in [3.05, 3.63) is 30.1 Å². The molecule has 0 atom stereocenters. The molecule has 0 radical (unpaired) electrons. The Morgan fingerprint density at radius 3 is 2.75 bits per heavy atom. The molecule has 0 unspecified atom stereocenters. The van der Waals surface area contributed by atoms with Crippen LogP contribution in [0.2, 0.25) is 0 Å². The first-order chi connectivity index (χ1) is 5.79. The van der Waals surface area contributed by atoms with E-state index in [4.69, 9.17) is 4.74 Å². The summed E-state index contributed by atoms with van der Waals surface area (Å²) in [5.41, 5.74) is 1.13. The summed E-state index contributed by atoms with van der Waals surface area (Å²) in [7, 11) is 0. The first-order valence-electron chi connectivity index (χ1n) is 3.81. The SMILES string of the molecule is CC(=O)OCCc1ccncc1. The van der Waals surface area contributed by atoms with Crippen LogP contribution in [0.4, 0.5) is 0 Å². The van der Waals surface area contributed by atoms with Gasteiger partial charge in [-0.25, -0.2) is 0 Å². The Labute approximate surface area is 71.4 Å². The lowest BCUT2D eigenvalue weighted by Crippen LogP contribution is -2.03. The summed E-state index contributed by atoms with van der Waals surface area (Å²) in [4.78, 5) is 14.3. The fourth-order valence-corrected chi connectivity index (χ4v) is 0.862. The van der Waals surface area contributed by atoms with E-state index in [1.54, 1.807) is 12.4 Å². The Hall–Kier alpha value is -1.38. The van der Waals surface area contributed by atoms with Crippen LogP contribution in [0.3, 0.4) is 0 Å². The Bertz CT molecular complexity index is 246. The molecular weight excluding hydrogens is 154 g/mol. The van der Waals surface area contributed by atoms with E-state index in [1.165, 1.54) is 6.92 Å². The molecule has 12 heavy (non-hydrogen) atoms. The second kappa shape index (κ2) is 4.49. The smallest absolute Gasteiger partial charge is 0.302 e. The lowest BCUT2D eigenvalue weighted by Gasteiger charge is -2.00. The number of pyridine rings is 1. The van der Waals surface area contributed by atoms with E-state index in [0.29, 0.717) is 6.61 Å². The summed E-state index contributed by atoms with van der Waals surface area (Å²) in [6.07, 6.45) is 4.20. The van der Waals surface area contributed by atoms with Crippen molar-refractivity contribution >= 4 is 5.97 Å². The van der Waals surface area contributed by atoms with Crippen molar-refractivity contribution in [1.82, 2.24) is 4.98 Å². The third-order valence-electron chi connectivity index (χ3n) is 1.45. The predicted molar refractivity (Wildman–Crippen MR) is 44.6 cm³/mol. The predicted octanol–water partition coefficient (Wildman–Crippen LogP) is 1.19. The van der Waals surface area contributed by atoms with Gasteiger partial charge in [-0.05, 0) is 17.7 Å². The van der Waals surface area contributed by atoms with Crippen molar-refractivity contribution in [3.8, 4) is 0 Å². The fraction of sp³-hybridized carbons (Fsp3) is 0.333. The van der Waals surface area contributed by atoms with Gasteiger partial charge in [0.2, 0.25) is 0 Å². The summed E-state index contributed by atoms with van der Waals surface area (Å²) in [5, 5.41) is 0. The quantitative estimate of drug-likeness (QED) is 0.631. The van der Waals surface area contributed by atoms with Crippen LogP contribution < -0.4 is 0 Å². The molecule has 0 aliphatic rings. The summed E-state index contributed by atoms with van der Waals surface area (Å²) < 4.78 is 4.79. The highest BCUT2D eigenvalue weighted by Gasteiger charge is 1.94. The summed E-state index contributed by atoms with van der Waals surface area (Å²) in [6, 6.07) is 3.81. The van der Waals surface area contributed by atoms with Crippen LogP contribution in [0.25, 0.3) is 0 Å². The molecule has 0 fully saturated rings. The van der Waals surface area contributed by atoms with Crippen molar-refractivity contribution in [2.75, 3.05) is 6.61 Å². The zero-order valence-corrected chi connectivity index (χ0v) is 6.99.